The van der Waals surface area contributed by atoms with E-state index in [0.717, 1.165) is 46.6 Å². The number of ether oxygens (including phenoxy) is 4. The highest BCUT2D eigenvalue weighted by molar-refractivity contribution is 5.90. The summed E-state index contributed by atoms with van der Waals surface area (Å²) in [7, 11) is 0. The van der Waals surface area contributed by atoms with Gasteiger partial charge in [0.2, 0.25) is 0 Å². The lowest BCUT2D eigenvalue weighted by molar-refractivity contribution is 0.0320. The van der Waals surface area contributed by atoms with Crippen LogP contribution in [0.15, 0.2) is 97.1 Å². The first-order valence-electron chi connectivity index (χ1n) is 21.2. The molecule has 0 bridgehead atoms. The highest BCUT2D eigenvalue weighted by Gasteiger charge is 2.69. The highest BCUT2D eigenvalue weighted by atomic mass is 19.3. The van der Waals surface area contributed by atoms with Crippen LogP contribution < -0.4 is 9.47 Å². The summed E-state index contributed by atoms with van der Waals surface area (Å²) in [5.41, 5.74) is 4.29. The lowest BCUT2D eigenvalue weighted by Crippen LogP contribution is -2.11. The smallest absolute Gasteiger partial charge is 0.338 e. The van der Waals surface area contributed by atoms with Crippen LogP contribution >= 0.6 is 0 Å². The quantitative estimate of drug-likeness (QED) is 0.0467. The van der Waals surface area contributed by atoms with Crippen molar-refractivity contribution in [3.63, 3.8) is 0 Å². The van der Waals surface area contributed by atoms with Crippen molar-refractivity contribution < 1.29 is 37.3 Å². The second-order valence-electron chi connectivity index (χ2n) is 15.2. The number of carbonyl (C=O) groups excluding carboxylic acids is 2. The topological polar surface area (TPSA) is 71.1 Å². The molecule has 5 rings (SSSR count). The minimum Gasteiger partial charge on any atom is -0.494 e. The maximum Gasteiger partial charge on any atom is 0.338 e. The molecule has 57 heavy (non-hydrogen) atoms. The zero-order valence-corrected chi connectivity index (χ0v) is 33.8. The van der Waals surface area contributed by atoms with Gasteiger partial charge in [0.15, 0.2) is 0 Å². The van der Waals surface area contributed by atoms with E-state index in [1.807, 2.05) is 48.5 Å². The van der Waals surface area contributed by atoms with Crippen molar-refractivity contribution in [1.82, 2.24) is 0 Å². The summed E-state index contributed by atoms with van der Waals surface area (Å²) in [4.78, 5) is 25.4. The molecule has 306 valence electrons. The minimum atomic E-state index is -3.09. The normalized spacial score (nSPS) is 15.5. The van der Waals surface area contributed by atoms with Gasteiger partial charge in [-0.3, -0.25) is 0 Å². The largest absolute Gasteiger partial charge is 0.494 e. The molecule has 0 amide bonds. The second-order valence-corrected chi connectivity index (χ2v) is 15.2. The van der Waals surface area contributed by atoms with Gasteiger partial charge in [-0.2, -0.15) is 0 Å². The third-order valence-electron chi connectivity index (χ3n) is 10.8. The highest BCUT2D eigenvalue weighted by Crippen LogP contribution is 2.55. The number of unbranched alkanes of at least 4 members (excludes halogenated alkanes) is 12. The maximum atomic E-state index is 14.6. The number of esters is 2. The molecule has 0 N–H and O–H groups in total. The second kappa shape index (κ2) is 22.9. The molecule has 4 aromatic rings. The summed E-state index contributed by atoms with van der Waals surface area (Å²) in [5.74, 6) is -5.25. The first kappa shape index (κ1) is 43.4. The molecule has 6 nitrogen and oxygen atoms in total. The van der Waals surface area contributed by atoms with Gasteiger partial charge >= 0.3 is 11.9 Å². The summed E-state index contributed by atoms with van der Waals surface area (Å²) in [6.45, 7) is 4.92. The molecule has 0 saturated heterocycles. The third-order valence-corrected chi connectivity index (χ3v) is 10.8. The van der Waals surface area contributed by atoms with Crippen molar-refractivity contribution in [2.75, 3.05) is 26.4 Å². The standard InChI is InChI=1S/C49H60F2O6/c1-3-5-7-9-11-13-15-33-54-43-29-25-39(26-30-43)37-17-21-41(22-18-37)47(52)56-35-45-46(49(45,50)51)36-57-48(53)42-23-19-38(20-24-42)40-27-31-44(32-28-40)55-34-16-14-12-10-8-6-4-2/h17-32,45-46H,3-16,33-36H2,1-2H3/t45-,46-/m0/s1. The van der Waals surface area contributed by atoms with Crippen molar-refractivity contribution in [1.29, 1.82) is 0 Å². The molecular formula is C49H60F2O6. The Balaban J connectivity index is 0.987. The van der Waals surface area contributed by atoms with Crippen LogP contribution in [0, 0.1) is 11.8 Å². The Kier molecular flexibility index (Phi) is 17.4. The van der Waals surface area contributed by atoms with Gasteiger partial charge in [-0.25, -0.2) is 18.4 Å². The predicted octanol–water partition coefficient (Wildman–Crippen LogP) is 13.2. The van der Waals surface area contributed by atoms with Crippen molar-refractivity contribution in [2.45, 2.75) is 110 Å². The van der Waals surface area contributed by atoms with Crippen LogP contribution in [0.2, 0.25) is 0 Å². The van der Waals surface area contributed by atoms with Gasteiger partial charge in [0.25, 0.3) is 5.92 Å². The van der Waals surface area contributed by atoms with E-state index in [-0.39, 0.29) is 11.1 Å². The fraction of sp³-hybridized carbons (Fsp3) is 0.469. The van der Waals surface area contributed by atoms with E-state index in [2.05, 4.69) is 13.8 Å². The van der Waals surface area contributed by atoms with Gasteiger partial charge in [-0.05, 0) is 83.6 Å². The van der Waals surface area contributed by atoms with Gasteiger partial charge < -0.3 is 18.9 Å². The number of rotatable bonds is 26. The number of hydrogen-bond acceptors (Lipinski definition) is 6. The van der Waals surface area contributed by atoms with E-state index in [4.69, 9.17) is 18.9 Å². The molecule has 8 heteroatoms. The minimum absolute atomic E-state index is 0.270. The van der Waals surface area contributed by atoms with E-state index in [1.54, 1.807) is 48.5 Å². The molecule has 2 atom stereocenters. The van der Waals surface area contributed by atoms with Gasteiger partial charge in [-0.1, -0.05) is 139 Å². The maximum absolute atomic E-state index is 14.6. The molecular weight excluding hydrogens is 723 g/mol. The number of hydrogen-bond donors (Lipinski definition) is 0. The average Bonchev–Trinajstić information content (AvgIpc) is 3.78. The first-order valence-corrected chi connectivity index (χ1v) is 21.2. The molecule has 0 aromatic heterocycles. The Morgan fingerprint density at radius 3 is 1.09 bits per heavy atom. The van der Waals surface area contributed by atoms with Crippen molar-refractivity contribution >= 4 is 11.9 Å². The molecule has 0 radical (unpaired) electrons. The summed E-state index contributed by atoms with van der Waals surface area (Å²) in [5, 5.41) is 0. The molecule has 0 spiro atoms. The molecule has 4 aromatic carbocycles. The van der Waals surface area contributed by atoms with E-state index >= 15 is 0 Å². The fourth-order valence-electron chi connectivity index (χ4n) is 7.00. The predicted molar refractivity (Wildman–Crippen MR) is 223 cm³/mol. The average molecular weight is 783 g/mol. The van der Waals surface area contributed by atoms with Gasteiger partial charge in [0, 0.05) is 0 Å². The van der Waals surface area contributed by atoms with Crippen molar-refractivity contribution in [3.8, 4) is 33.8 Å². The number of benzene rings is 4. The van der Waals surface area contributed by atoms with Crippen LogP contribution in [-0.4, -0.2) is 44.3 Å². The van der Waals surface area contributed by atoms with Crippen molar-refractivity contribution in [2.24, 2.45) is 11.8 Å². The molecule has 1 aliphatic carbocycles. The fourth-order valence-corrected chi connectivity index (χ4v) is 7.00. The zero-order chi connectivity index (χ0) is 40.3. The summed E-state index contributed by atoms with van der Waals surface area (Å²) in [6, 6.07) is 29.3. The summed E-state index contributed by atoms with van der Waals surface area (Å²) >= 11 is 0. The van der Waals surface area contributed by atoms with E-state index in [9.17, 15) is 18.4 Å². The van der Waals surface area contributed by atoms with Gasteiger partial charge in [0.05, 0.1) is 36.2 Å². The van der Waals surface area contributed by atoms with E-state index < -0.39 is 42.9 Å². The Labute approximate surface area is 338 Å². The SMILES string of the molecule is CCCCCCCCCOc1ccc(-c2ccc(C(=O)OC[C@H]3[C@H](COC(=O)c4ccc(-c5ccc(OCCCCCCCCC)cc5)cc4)C3(F)F)cc2)cc1. The van der Waals surface area contributed by atoms with Crippen LogP contribution in [0.1, 0.15) is 124 Å². The lowest BCUT2D eigenvalue weighted by atomic mass is 10.0. The monoisotopic (exact) mass is 782 g/mol. The van der Waals surface area contributed by atoms with Crippen LogP contribution in [-0.2, 0) is 9.47 Å². The van der Waals surface area contributed by atoms with E-state index in [0.29, 0.717) is 13.2 Å². The summed E-state index contributed by atoms with van der Waals surface area (Å²) < 4.78 is 51.6. The van der Waals surface area contributed by atoms with Crippen LogP contribution in [0.4, 0.5) is 8.78 Å². The molecule has 0 aliphatic heterocycles. The van der Waals surface area contributed by atoms with Crippen molar-refractivity contribution in [3.05, 3.63) is 108 Å². The zero-order valence-electron chi connectivity index (χ0n) is 33.8. The number of halogens is 2. The van der Waals surface area contributed by atoms with Gasteiger partial charge in [-0.15, -0.1) is 0 Å². The Morgan fingerprint density at radius 1 is 0.456 bits per heavy atom. The number of alkyl halides is 2. The van der Waals surface area contributed by atoms with Crippen LogP contribution in [0.3, 0.4) is 0 Å². The third kappa shape index (κ3) is 13.7. The Bertz CT molecular complexity index is 1640. The molecule has 1 saturated carbocycles. The molecule has 0 heterocycles. The molecule has 1 aliphatic rings. The Hall–Kier alpha value is -4.72. The van der Waals surface area contributed by atoms with Gasteiger partial charge in [0.1, 0.15) is 24.7 Å². The summed E-state index contributed by atoms with van der Waals surface area (Å²) in [6.07, 6.45) is 17.3. The lowest BCUT2D eigenvalue weighted by Gasteiger charge is -2.09. The van der Waals surface area contributed by atoms with Crippen LogP contribution in [0.25, 0.3) is 22.3 Å². The van der Waals surface area contributed by atoms with Crippen LogP contribution in [0.5, 0.6) is 11.5 Å². The molecule has 1 fully saturated rings. The molecule has 0 unspecified atom stereocenters. The first-order chi connectivity index (χ1) is 27.8. The Morgan fingerprint density at radius 2 is 0.754 bits per heavy atom. The number of carbonyl (C=O) groups is 2. The van der Waals surface area contributed by atoms with E-state index in [1.165, 1.54) is 77.0 Å².